The summed E-state index contributed by atoms with van der Waals surface area (Å²) in [5, 5.41) is 12.8. The molecule has 1 aromatic carbocycles. The van der Waals surface area contributed by atoms with Crippen LogP contribution in [0.1, 0.15) is 39.3 Å². The van der Waals surface area contributed by atoms with Gasteiger partial charge in [-0.1, -0.05) is 6.07 Å². The van der Waals surface area contributed by atoms with Crippen molar-refractivity contribution in [3.8, 4) is 5.75 Å². The average molecular weight is 417 g/mol. The van der Waals surface area contributed by atoms with E-state index in [1.54, 1.807) is 4.90 Å². The molecule has 1 aliphatic carbocycles. The molecule has 5 rings (SSSR count). The Hall–Kier alpha value is -3.27. The topological polar surface area (TPSA) is 101 Å². The molecule has 10 heteroatoms. The van der Waals surface area contributed by atoms with Gasteiger partial charge in [0.15, 0.2) is 17.7 Å². The second-order valence-electron chi connectivity index (χ2n) is 7.81. The molecule has 3 aliphatic rings. The van der Waals surface area contributed by atoms with Crippen molar-refractivity contribution < 1.29 is 28.2 Å². The third-order valence-corrected chi connectivity index (χ3v) is 5.90. The molecule has 1 saturated heterocycles. The Morgan fingerprint density at radius 3 is 2.77 bits per heavy atom. The van der Waals surface area contributed by atoms with Gasteiger partial charge in [-0.3, -0.25) is 14.4 Å². The predicted molar refractivity (Wildman–Crippen MR) is 97.8 cm³/mol. The van der Waals surface area contributed by atoms with Gasteiger partial charge < -0.3 is 24.6 Å². The maximum atomic E-state index is 13.8. The van der Waals surface area contributed by atoms with Gasteiger partial charge >= 0.3 is 0 Å². The normalized spacial score (nSPS) is 20.8. The van der Waals surface area contributed by atoms with Crippen molar-refractivity contribution in [2.24, 2.45) is 0 Å². The van der Waals surface area contributed by atoms with Gasteiger partial charge in [0.05, 0.1) is 18.7 Å². The molecule has 2 aromatic rings. The number of hydrogen-bond donors (Lipinski definition) is 2. The number of hydrogen-bond acceptors (Lipinski definition) is 5. The van der Waals surface area contributed by atoms with Crippen molar-refractivity contribution in [2.75, 3.05) is 6.61 Å². The Bertz CT molecular complexity index is 1160. The molecule has 1 spiro atoms. The van der Waals surface area contributed by atoms with Crippen LogP contribution >= 0.6 is 0 Å². The van der Waals surface area contributed by atoms with Crippen LogP contribution < -0.4 is 10.7 Å². The third kappa shape index (κ3) is 2.71. The van der Waals surface area contributed by atoms with Crippen LogP contribution in [0.3, 0.4) is 0 Å². The van der Waals surface area contributed by atoms with Crippen molar-refractivity contribution in [3.63, 3.8) is 0 Å². The van der Waals surface area contributed by atoms with E-state index < -0.39 is 40.9 Å². The molecule has 1 atom stereocenters. The minimum atomic E-state index is -0.991. The lowest BCUT2D eigenvalue weighted by atomic mass is 10.1. The highest BCUT2D eigenvalue weighted by Gasteiger charge is 2.60. The fourth-order valence-electron chi connectivity index (χ4n) is 4.11. The van der Waals surface area contributed by atoms with E-state index in [2.05, 4.69) is 5.32 Å². The third-order valence-electron chi connectivity index (χ3n) is 5.90. The number of aromatic nitrogens is 1. The number of carbonyl (C=O) groups excluding carboxylic acids is 2. The van der Waals surface area contributed by atoms with Gasteiger partial charge in [0.25, 0.3) is 11.8 Å². The Morgan fingerprint density at radius 1 is 1.30 bits per heavy atom. The summed E-state index contributed by atoms with van der Waals surface area (Å²) >= 11 is 0. The first-order chi connectivity index (χ1) is 14.3. The largest absolute Gasteiger partial charge is 0.503 e. The van der Waals surface area contributed by atoms with Gasteiger partial charge in [-0.15, -0.1) is 0 Å². The molecule has 1 aromatic heterocycles. The van der Waals surface area contributed by atoms with Crippen molar-refractivity contribution in [1.82, 2.24) is 14.8 Å². The highest BCUT2D eigenvalue weighted by molar-refractivity contribution is 5.99. The fraction of sp³-hybridized carbons (Fsp3) is 0.350. The summed E-state index contributed by atoms with van der Waals surface area (Å²) in [7, 11) is 0. The van der Waals surface area contributed by atoms with Crippen LogP contribution in [0.25, 0.3) is 0 Å². The molecule has 2 amide bonds. The van der Waals surface area contributed by atoms with E-state index in [-0.39, 0.29) is 35.4 Å². The lowest BCUT2D eigenvalue weighted by Gasteiger charge is -2.34. The molecule has 0 bridgehead atoms. The number of rotatable bonds is 3. The van der Waals surface area contributed by atoms with E-state index in [4.69, 9.17) is 4.74 Å². The van der Waals surface area contributed by atoms with Gasteiger partial charge in [0, 0.05) is 24.4 Å². The number of nitrogens with one attached hydrogen (secondary N) is 1. The summed E-state index contributed by atoms with van der Waals surface area (Å²) in [6.07, 6.45) is 2.28. The van der Waals surface area contributed by atoms with Crippen LogP contribution in [0.5, 0.6) is 5.75 Å². The second-order valence-corrected chi connectivity index (χ2v) is 7.81. The number of aromatic hydroxyl groups is 1. The average Bonchev–Trinajstić information content (AvgIpc) is 3.38. The Kier molecular flexibility index (Phi) is 3.97. The zero-order valence-corrected chi connectivity index (χ0v) is 15.7. The highest BCUT2D eigenvalue weighted by atomic mass is 19.1. The van der Waals surface area contributed by atoms with Crippen LogP contribution in [0.4, 0.5) is 8.78 Å². The van der Waals surface area contributed by atoms with E-state index in [1.165, 1.54) is 16.8 Å². The van der Waals surface area contributed by atoms with Crippen molar-refractivity contribution in [3.05, 3.63) is 63.1 Å². The number of nitrogens with zero attached hydrogens (tertiary/aromatic N) is 2. The van der Waals surface area contributed by atoms with Crippen LogP contribution in [0.15, 0.2) is 29.2 Å². The number of pyridine rings is 1. The fourth-order valence-corrected chi connectivity index (χ4v) is 4.11. The van der Waals surface area contributed by atoms with Gasteiger partial charge in [-0.25, -0.2) is 8.78 Å². The number of carbonyl (C=O) groups is 2. The molecule has 156 valence electrons. The van der Waals surface area contributed by atoms with Gasteiger partial charge in [-0.05, 0) is 18.9 Å². The predicted octanol–water partition coefficient (Wildman–Crippen LogP) is 1.11. The maximum absolute atomic E-state index is 13.8. The maximum Gasteiger partial charge on any atom is 0.277 e. The minimum Gasteiger partial charge on any atom is -0.503 e. The SMILES string of the molecule is O=C(NCc1ccc(F)cc1F)c1cn2c(c(O)c1=O)C(=O)N1C(C2)OCC12CC2. The first-order valence-corrected chi connectivity index (χ1v) is 9.44. The molecular weight excluding hydrogens is 400 g/mol. The van der Waals surface area contributed by atoms with Crippen molar-refractivity contribution in [2.45, 2.75) is 37.7 Å². The molecular formula is C20H17F2N3O5. The molecule has 30 heavy (non-hydrogen) atoms. The molecule has 0 radical (unpaired) electrons. The first kappa shape index (κ1) is 18.7. The minimum absolute atomic E-state index is 0.0342. The summed E-state index contributed by atoms with van der Waals surface area (Å²) in [6, 6.07) is 2.92. The first-order valence-electron chi connectivity index (χ1n) is 9.44. The summed E-state index contributed by atoms with van der Waals surface area (Å²) in [5.74, 6) is -3.74. The summed E-state index contributed by atoms with van der Waals surface area (Å²) in [6.45, 7) is 0.289. The molecule has 1 saturated carbocycles. The highest BCUT2D eigenvalue weighted by Crippen LogP contribution is 2.49. The van der Waals surface area contributed by atoms with E-state index >= 15 is 0 Å². The smallest absolute Gasteiger partial charge is 0.277 e. The van der Waals surface area contributed by atoms with Crippen molar-refractivity contribution in [1.29, 1.82) is 0 Å². The number of halogens is 2. The summed E-state index contributed by atoms with van der Waals surface area (Å²) < 4.78 is 33.8. The summed E-state index contributed by atoms with van der Waals surface area (Å²) in [4.78, 5) is 39.6. The molecule has 2 N–H and O–H groups in total. The molecule has 8 nitrogen and oxygen atoms in total. The number of benzene rings is 1. The zero-order valence-electron chi connectivity index (χ0n) is 15.7. The second kappa shape index (κ2) is 6.36. The lowest BCUT2D eigenvalue weighted by Crippen LogP contribution is -2.50. The Labute approximate surface area is 168 Å². The van der Waals surface area contributed by atoms with Gasteiger partial charge in [-0.2, -0.15) is 0 Å². The standard InChI is InChI=1S/C20H17F2N3O5/c21-11-2-1-10(13(22)5-11)6-23-18(28)12-7-24-8-14-25(20(3-4-20)9-30-14)19(29)15(24)17(27)16(12)26/h1-2,5,7,14,27H,3-4,6,8-9H2,(H,23,28). The molecule has 2 aliphatic heterocycles. The van der Waals surface area contributed by atoms with E-state index in [0.29, 0.717) is 12.7 Å². The van der Waals surface area contributed by atoms with Gasteiger partial charge in [0.1, 0.15) is 17.2 Å². The molecule has 2 fully saturated rings. The lowest BCUT2D eigenvalue weighted by molar-refractivity contribution is 0.00480. The number of amides is 2. The Morgan fingerprint density at radius 2 is 2.07 bits per heavy atom. The Balaban J connectivity index is 1.43. The quantitative estimate of drug-likeness (QED) is 0.779. The van der Waals surface area contributed by atoms with E-state index in [1.807, 2.05) is 0 Å². The van der Waals surface area contributed by atoms with Gasteiger partial charge in [0.2, 0.25) is 5.43 Å². The van der Waals surface area contributed by atoms with Crippen LogP contribution in [0.2, 0.25) is 0 Å². The number of fused-ring (bicyclic) bond motifs is 3. The monoisotopic (exact) mass is 417 g/mol. The van der Waals surface area contributed by atoms with E-state index in [0.717, 1.165) is 18.9 Å². The number of ether oxygens (including phenoxy) is 1. The van der Waals surface area contributed by atoms with Crippen molar-refractivity contribution >= 4 is 11.8 Å². The molecule has 3 heterocycles. The van der Waals surface area contributed by atoms with Crippen LogP contribution in [0, 0.1) is 11.6 Å². The summed E-state index contributed by atoms with van der Waals surface area (Å²) in [5.41, 5.74) is -1.87. The van der Waals surface area contributed by atoms with Crippen LogP contribution in [-0.2, 0) is 17.8 Å². The van der Waals surface area contributed by atoms with E-state index in [9.17, 15) is 28.3 Å². The zero-order chi connectivity index (χ0) is 21.2. The molecule has 1 unspecified atom stereocenters. The van der Waals surface area contributed by atoms with Crippen LogP contribution in [-0.4, -0.2) is 44.8 Å².